The van der Waals surface area contributed by atoms with E-state index < -0.39 is 11.5 Å². The van der Waals surface area contributed by atoms with Gasteiger partial charge in [0.25, 0.3) is 5.56 Å². The molecule has 1 N–H and O–H groups in total. The highest BCUT2D eigenvalue weighted by atomic mass is 16.4. The summed E-state index contributed by atoms with van der Waals surface area (Å²) in [6, 6.07) is 6.41. The van der Waals surface area contributed by atoms with E-state index in [1.165, 1.54) is 0 Å². The minimum absolute atomic E-state index is 0.206. The number of carboxylic acid groups (broad SMARTS) is 1. The number of carbonyl (C=O) groups is 2. The molecular weight excluding hydrogens is 310 g/mol. The molecule has 1 aliphatic heterocycles. The lowest BCUT2D eigenvalue weighted by Gasteiger charge is -2.31. The van der Waals surface area contributed by atoms with Gasteiger partial charge in [-0.15, -0.1) is 0 Å². The van der Waals surface area contributed by atoms with E-state index >= 15 is 0 Å². The van der Waals surface area contributed by atoms with E-state index in [-0.39, 0.29) is 28.9 Å². The molecule has 0 radical (unpaired) electrons. The van der Waals surface area contributed by atoms with Crippen LogP contribution in [0.4, 0.5) is 0 Å². The second-order valence-electron chi connectivity index (χ2n) is 6.25. The van der Waals surface area contributed by atoms with Gasteiger partial charge in [0, 0.05) is 18.5 Å². The van der Waals surface area contributed by atoms with Crippen molar-refractivity contribution < 1.29 is 14.7 Å². The van der Waals surface area contributed by atoms with E-state index in [0.29, 0.717) is 19.0 Å². The molecule has 1 aromatic heterocycles. The Hall–Kier alpha value is -2.70. The van der Waals surface area contributed by atoms with Crippen molar-refractivity contribution in [2.45, 2.75) is 26.3 Å². The molecule has 1 aromatic carbocycles. The molecule has 0 spiro atoms. The van der Waals surface area contributed by atoms with E-state index in [4.69, 9.17) is 0 Å². The fraction of sp³-hybridized carbons (Fsp3) is 0.412. The van der Waals surface area contributed by atoms with Crippen LogP contribution in [0, 0.1) is 5.92 Å². The number of amides is 1. The molecule has 24 heavy (non-hydrogen) atoms. The number of carboxylic acids is 1. The fourth-order valence-electron chi connectivity index (χ4n) is 3.14. The van der Waals surface area contributed by atoms with Crippen molar-refractivity contribution in [1.29, 1.82) is 0 Å². The zero-order chi connectivity index (χ0) is 17.3. The van der Waals surface area contributed by atoms with Gasteiger partial charge in [-0.2, -0.15) is 5.10 Å². The van der Waals surface area contributed by atoms with Crippen LogP contribution in [0.15, 0.2) is 29.1 Å². The Labute approximate surface area is 138 Å². The van der Waals surface area contributed by atoms with Crippen LogP contribution in [0.25, 0.3) is 10.8 Å². The maximum atomic E-state index is 12.5. The van der Waals surface area contributed by atoms with E-state index in [1.807, 2.05) is 0 Å². The Kier molecular flexibility index (Phi) is 4.33. The van der Waals surface area contributed by atoms with Crippen molar-refractivity contribution in [2.24, 2.45) is 5.92 Å². The van der Waals surface area contributed by atoms with Gasteiger partial charge in [-0.1, -0.05) is 25.1 Å². The zero-order valence-corrected chi connectivity index (χ0v) is 13.4. The predicted molar refractivity (Wildman–Crippen MR) is 87.9 cm³/mol. The molecule has 0 aliphatic carbocycles. The SMILES string of the molecule is CC1CCCN(C(=O)Cn2nc(C(=O)O)c3ccccc3c2=O)C1. The lowest BCUT2D eigenvalue weighted by molar-refractivity contribution is -0.133. The van der Waals surface area contributed by atoms with Gasteiger partial charge in [-0.3, -0.25) is 9.59 Å². The van der Waals surface area contributed by atoms with Crippen LogP contribution in [0.3, 0.4) is 0 Å². The van der Waals surface area contributed by atoms with Crippen molar-refractivity contribution in [1.82, 2.24) is 14.7 Å². The summed E-state index contributed by atoms with van der Waals surface area (Å²) in [5.74, 6) is -1.000. The molecule has 126 valence electrons. The minimum Gasteiger partial charge on any atom is -0.476 e. The third-order valence-electron chi connectivity index (χ3n) is 4.37. The Balaban J connectivity index is 1.97. The van der Waals surface area contributed by atoms with Gasteiger partial charge >= 0.3 is 5.97 Å². The molecule has 0 saturated carbocycles. The first-order chi connectivity index (χ1) is 11.5. The monoisotopic (exact) mass is 329 g/mol. The number of hydrogen-bond acceptors (Lipinski definition) is 4. The molecule has 1 fully saturated rings. The van der Waals surface area contributed by atoms with Crippen LogP contribution in [-0.2, 0) is 11.3 Å². The quantitative estimate of drug-likeness (QED) is 0.917. The van der Waals surface area contributed by atoms with Crippen molar-refractivity contribution in [3.63, 3.8) is 0 Å². The highest BCUT2D eigenvalue weighted by molar-refractivity contribution is 6.01. The van der Waals surface area contributed by atoms with Crippen LogP contribution >= 0.6 is 0 Å². The number of fused-ring (bicyclic) bond motifs is 1. The van der Waals surface area contributed by atoms with E-state index in [2.05, 4.69) is 12.0 Å². The fourth-order valence-corrected chi connectivity index (χ4v) is 3.14. The third-order valence-corrected chi connectivity index (χ3v) is 4.37. The predicted octanol–water partition coefficient (Wildman–Crippen LogP) is 1.35. The molecule has 1 aliphatic rings. The minimum atomic E-state index is -1.22. The molecule has 1 amide bonds. The summed E-state index contributed by atoms with van der Waals surface area (Å²) in [6.07, 6.45) is 2.02. The molecule has 2 aromatic rings. The number of piperidine rings is 1. The van der Waals surface area contributed by atoms with Crippen LogP contribution in [0.5, 0.6) is 0 Å². The summed E-state index contributed by atoms with van der Waals surface area (Å²) >= 11 is 0. The van der Waals surface area contributed by atoms with E-state index in [9.17, 15) is 19.5 Å². The maximum absolute atomic E-state index is 12.5. The first kappa shape index (κ1) is 16.2. The first-order valence-electron chi connectivity index (χ1n) is 7.98. The number of likely N-dealkylation sites (tertiary alicyclic amines) is 1. The summed E-state index contributed by atoms with van der Waals surface area (Å²) in [5.41, 5.74) is -0.668. The Morgan fingerprint density at radius 2 is 2.00 bits per heavy atom. The number of rotatable bonds is 3. The molecule has 7 heteroatoms. The Morgan fingerprint density at radius 3 is 2.67 bits per heavy atom. The highest BCUT2D eigenvalue weighted by Crippen LogP contribution is 2.16. The van der Waals surface area contributed by atoms with Gasteiger partial charge in [0.05, 0.1) is 5.39 Å². The first-order valence-corrected chi connectivity index (χ1v) is 7.98. The number of carbonyl (C=O) groups excluding carboxylic acids is 1. The summed E-state index contributed by atoms with van der Waals surface area (Å²) in [4.78, 5) is 38.1. The molecule has 2 heterocycles. The molecule has 0 bridgehead atoms. The van der Waals surface area contributed by atoms with E-state index in [1.54, 1.807) is 29.2 Å². The third kappa shape index (κ3) is 3.02. The molecule has 1 atom stereocenters. The summed E-state index contributed by atoms with van der Waals surface area (Å²) in [6.45, 7) is 3.17. The molecule has 7 nitrogen and oxygen atoms in total. The summed E-state index contributed by atoms with van der Waals surface area (Å²) in [5, 5.41) is 13.8. The second kappa shape index (κ2) is 6.43. The summed E-state index contributed by atoms with van der Waals surface area (Å²) in [7, 11) is 0. The van der Waals surface area contributed by atoms with Crippen molar-refractivity contribution in [3.05, 3.63) is 40.3 Å². The standard InChI is InChI=1S/C17H19N3O4/c1-11-5-4-8-19(9-11)14(21)10-20-16(22)13-7-3-2-6-12(13)15(18-20)17(23)24/h2-3,6-7,11H,4-5,8-10H2,1H3,(H,23,24). The Bertz CT molecular complexity index is 859. The van der Waals surface area contributed by atoms with Crippen LogP contribution in [0.2, 0.25) is 0 Å². The van der Waals surface area contributed by atoms with Gasteiger partial charge in [0.15, 0.2) is 5.69 Å². The van der Waals surface area contributed by atoms with Gasteiger partial charge in [-0.25, -0.2) is 9.48 Å². The second-order valence-corrected chi connectivity index (χ2v) is 6.25. The molecule has 1 saturated heterocycles. The van der Waals surface area contributed by atoms with Crippen molar-refractivity contribution in [2.75, 3.05) is 13.1 Å². The van der Waals surface area contributed by atoms with Crippen LogP contribution in [-0.4, -0.2) is 44.8 Å². The van der Waals surface area contributed by atoms with Crippen molar-refractivity contribution in [3.8, 4) is 0 Å². The average molecular weight is 329 g/mol. The number of aromatic nitrogens is 2. The molecule has 3 rings (SSSR count). The number of hydrogen-bond donors (Lipinski definition) is 1. The topological polar surface area (TPSA) is 92.5 Å². The maximum Gasteiger partial charge on any atom is 0.357 e. The average Bonchev–Trinajstić information content (AvgIpc) is 2.57. The highest BCUT2D eigenvalue weighted by Gasteiger charge is 2.23. The molecule has 1 unspecified atom stereocenters. The Morgan fingerprint density at radius 1 is 1.29 bits per heavy atom. The lowest BCUT2D eigenvalue weighted by Crippen LogP contribution is -2.42. The van der Waals surface area contributed by atoms with Crippen LogP contribution < -0.4 is 5.56 Å². The zero-order valence-electron chi connectivity index (χ0n) is 13.4. The van der Waals surface area contributed by atoms with Gasteiger partial charge in [0.2, 0.25) is 5.91 Å². The van der Waals surface area contributed by atoms with E-state index in [0.717, 1.165) is 17.5 Å². The van der Waals surface area contributed by atoms with Gasteiger partial charge in [-0.05, 0) is 24.8 Å². The number of aromatic carboxylic acids is 1. The van der Waals surface area contributed by atoms with Crippen molar-refractivity contribution >= 4 is 22.6 Å². The van der Waals surface area contributed by atoms with Crippen LogP contribution in [0.1, 0.15) is 30.3 Å². The van der Waals surface area contributed by atoms with Gasteiger partial charge < -0.3 is 10.0 Å². The summed E-state index contributed by atoms with van der Waals surface area (Å²) < 4.78 is 0.966. The molecular formula is C17H19N3O4. The number of nitrogens with zero attached hydrogens (tertiary/aromatic N) is 3. The normalized spacial score (nSPS) is 17.9. The largest absolute Gasteiger partial charge is 0.476 e. The lowest BCUT2D eigenvalue weighted by atomic mass is 10.0. The smallest absolute Gasteiger partial charge is 0.357 e. The van der Waals surface area contributed by atoms with Gasteiger partial charge in [0.1, 0.15) is 6.54 Å². The number of benzene rings is 1.